The summed E-state index contributed by atoms with van der Waals surface area (Å²) in [5.74, 6) is 0. The highest BCUT2D eigenvalue weighted by atomic mass is 16.1. The fourth-order valence-corrected chi connectivity index (χ4v) is 1.80. The monoisotopic (exact) mass is 165 g/mol. The molecule has 0 spiro atoms. The van der Waals surface area contributed by atoms with E-state index < -0.39 is 0 Å². The van der Waals surface area contributed by atoms with Gasteiger partial charge in [-0.1, -0.05) is 0 Å². The van der Waals surface area contributed by atoms with Crippen molar-refractivity contribution in [3.8, 4) is 0 Å². The van der Waals surface area contributed by atoms with Gasteiger partial charge in [0.2, 0.25) is 5.56 Å². The highest BCUT2D eigenvalue weighted by molar-refractivity contribution is 5.24. The van der Waals surface area contributed by atoms with Crippen LogP contribution >= 0.6 is 0 Å². The van der Waals surface area contributed by atoms with Crippen LogP contribution in [0.15, 0.2) is 16.9 Å². The van der Waals surface area contributed by atoms with E-state index in [0.29, 0.717) is 6.04 Å². The summed E-state index contributed by atoms with van der Waals surface area (Å²) < 4.78 is 0. The van der Waals surface area contributed by atoms with Gasteiger partial charge in [-0.05, 0) is 18.9 Å². The van der Waals surface area contributed by atoms with E-state index in [1.807, 2.05) is 6.07 Å². The number of pyridine rings is 1. The molecule has 3 heteroatoms. The average molecular weight is 165 g/mol. The van der Waals surface area contributed by atoms with Gasteiger partial charge in [-0.2, -0.15) is 0 Å². The van der Waals surface area contributed by atoms with Crippen LogP contribution in [-0.4, -0.2) is 4.98 Å². The molecular weight excluding hydrogens is 152 g/mol. The second-order valence-electron chi connectivity index (χ2n) is 3.35. The van der Waals surface area contributed by atoms with Gasteiger partial charge in [0.15, 0.2) is 0 Å². The standard InChI is InChI=1S/C9H12N2O/c10-7-2-1-3-8-6(7)4-5-9(12)11-8/h4-5,7H,1-3,10H2,(H,11,12)/p+1/t7-/m0/s1. The average Bonchev–Trinajstić information content (AvgIpc) is 2.04. The summed E-state index contributed by atoms with van der Waals surface area (Å²) in [5.41, 5.74) is 6.36. The van der Waals surface area contributed by atoms with Gasteiger partial charge in [0.25, 0.3) is 0 Å². The van der Waals surface area contributed by atoms with E-state index in [4.69, 9.17) is 0 Å². The SMILES string of the molecule is [NH3+][C@H]1CCCc2[nH]c(=O)ccc21. The Bertz CT molecular complexity index is 343. The molecule has 4 N–H and O–H groups in total. The Morgan fingerprint density at radius 1 is 1.50 bits per heavy atom. The first-order chi connectivity index (χ1) is 5.77. The van der Waals surface area contributed by atoms with Crippen LogP contribution in [0.25, 0.3) is 0 Å². The number of nitrogens with one attached hydrogen (secondary N) is 1. The maximum atomic E-state index is 11.0. The predicted octanol–water partition coefficient (Wildman–Crippen LogP) is -0.00580. The smallest absolute Gasteiger partial charge is 0.248 e. The van der Waals surface area contributed by atoms with Gasteiger partial charge in [-0.3, -0.25) is 4.79 Å². The lowest BCUT2D eigenvalue weighted by Gasteiger charge is -2.18. The van der Waals surface area contributed by atoms with E-state index in [-0.39, 0.29) is 5.56 Å². The van der Waals surface area contributed by atoms with Crippen LogP contribution in [0.4, 0.5) is 0 Å². The zero-order valence-electron chi connectivity index (χ0n) is 6.97. The fraction of sp³-hybridized carbons (Fsp3) is 0.444. The molecule has 1 atom stereocenters. The molecule has 0 radical (unpaired) electrons. The number of aromatic nitrogens is 1. The van der Waals surface area contributed by atoms with E-state index in [1.165, 1.54) is 5.56 Å². The topological polar surface area (TPSA) is 60.5 Å². The van der Waals surface area contributed by atoms with Crippen LogP contribution in [0.1, 0.15) is 30.1 Å². The molecule has 0 saturated heterocycles. The molecule has 0 aromatic carbocycles. The first-order valence-electron chi connectivity index (χ1n) is 4.32. The van der Waals surface area contributed by atoms with Crippen molar-refractivity contribution >= 4 is 0 Å². The van der Waals surface area contributed by atoms with Crippen molar-refractivity contribution in [1.82, 2.24) is 4.98 Å². The second kappa shape index (κ2) is 2.75. The van der Waals surface area contributed by atoms with Crippen LogP contribution in [0, 0.1) is 0 Å². The molecule has 0 amide bonds. The van der Waals surface area contributed by atoms with Crippen LogP contribution in [0.2, 0.25) is 0 Å². The van der Waals surface area contributed by atoms with Crippen molar-refractivity contribution in [1.29, 1.82) is 0 Å². The molecular formula is C9H13N2O+. The number of aromatic amines is 1. The molecule has 1 heterocycles. The zero-order chi connectivity index (χ0) is 8.55. The molecule has 64 valence electrons. The molecule has 0 fully saturated rings. The van der Waals surface area contributed by atoms with Crippen molar-refractivity contribution in [2.45, 2.75) is 25.3 Å². The molecule has 0 unspecified atom stereocenters. The predicted molar refractivity (Wildman–Crippen MR) is 45.6 cm³/mol. The van der Waals surface area contributed by atoms with Crippen molar-refractivity contribution in [3.05, 3.63) is 33.7 Å². The highest BCUT2D eigenvalue weighted by Crippen LogP contribution is 2.23. The van der Waals surface area contributed by atoms with E-state index in [0.717, 1.165) is 25.0 Å². The maximum Gasteiger partial charge on any atom is 0.248 e. The van der Waals surface area contributed by atoms with Crippen LogP contribution in [0.3, 0.4) is 0 Å². The molecule has 2 rings (SSSR count). The van der Waals surface area contributed by atoms with Crippen LogP contribution < -0.4 is 11.3 Å². The third kappa shape index (κ3) is 1.16. The number of hydrogen-bond acceptors (Lipinski definition) is 1. The lowest BCUT2D eigenvalue weighted by Crippen LogP contribution is -2.54. The number of aryl methyl sites for hydroxylation is 1. The lowest BCUT2D eigenvalue weighted by atomic mass is 9.92. The van der Waals surface area contributed by atoms with Gasteiger partial charge in [0, 0.05) is 23.7 Å². The summed E-state index contributed by atoms with van der Waals surface area (Å²) in [6.45, 7) is 0. The molecule has 0 aliphatic heterocycles. The fourth-order valence-electron chi connectivity index (χ4n) is 1.80. The molecule has 1 aliphatic carbocycles. The summed E-state index contributed by atoms with van der Waals surface area (Å²) in [4.78, 5) is 13.8. The van der Waals surface area contributed by atoms with Crippen LogP contribution in [0.5, 0.6) is 0 Å². The largest absolute Gasteiger partial charge is 0.351 e. The van der Waals surface area contributed by atoms with E-state index in [1.54, 1.807) is 6.07 Å². The van der Waals surface area contributed by atoms with Gasteiger partial charge in [-0.15, -0.1) is 0 Å². The van der Waals surface area contributed by atoms with Crippen molar-refractivity contribution < 1.29 is 5.73 Å². The Labute approximate surface area is 70.6 Å². The molecule has 0 bridgehead atoms. The first kappa shape index (κ1) is 7.55. The van der Waals surface area contributed by atoms with Crippen molar-refractivity contribution in [2.24, 2.45) is 0 Å². The van der Waals surface area contributed by atoms with Crippen molar-refractivity contribution in [3.63, 3.8) is 0 Å². The summed E-state index contributed by atoms with van der Waals surface area (Å²) in [6.07, 6.45) is 3.28. The molecule has 0 saturated carbocycles. The summed E-state index contributed by atoms with van der Waals surface area (Å²) in [7, 11) is 0. The minimum atomic E-state index is 0.00264. The number of rotatable bonds is 0. The Hall–Kier alpha value is -1.09. The summed E-state index contributed by atoms with van der Waals surface area (Å²) in [6, 6.07) is 3.86. The van der Waals surface area contributed by atoms with Gasteiger partial charge in [0.1, 0.15) is 6.04 Å². The number of quaternary nitrogens is 1. The molecule has 1 aromatic heterocycles. The molecule has 1 aliphatic rings. The van der Waals surface area contributed by atoms with Gasteiger partial charge < -0.3 is 10.7 Å². The Morgan fingerprint density at radius 3 is 3.17 bits per heavy atom. The van der Waals surface area contributed by atoms with Crippen molar-refractivity contribution in [2.75, 3.05) is 0 Å². The van der Waals surface area contributed by atoms with Gasteiger partial charge in [-0.25, -0.2) is 0 Å². The van der Waals surface area contributed by atoms with Gasteiger partial charge >= 0.3 is 0 Å². The van der Waals surface area contributed by atoms with Crippen LogP contribution in [-0.2, 0) is 6.42 Å². The Kier molecular flexibility index (Phi) is 1.73. The lowest BCUT2D eigenvalue weighted by molar-refractivity contribution is -0.429. The zero-order valence-corrected chi connectivity index (χ0v) is 6.97. The normalized spacial score (nSPS) is 21.9. The second-order valence-corrected chi connectivity index (χ2v) is 3.35. The number of H-pyrrole nitrogens is 1. The number of fused-ring (bicyclic) bond motifs is 1. The molecule has 3 nitrogen and oxygen atoms in total. The minimum Gasteiger partial charge on any atom is -0.351 e. The van der Waals surface area contributed by atoms with Gasteiger partial charge in [0.05, 0.1) is 0 Å². The van der Waals surface area contributed by atoms with E-state index in [9.17, 15) is 4.79 Å². The third-order valence-corrected chi connectivity index (χ3v) is 2.46. The minimum absolute atomic E-state index is 0.00264. The Morgan fingerprint density at radius 2 is 2.33 bits per heavy atom. The Balaban J connectivity index is 2.53. The van der Waals surface area contributed by atoms with E-state index in [2.05, 4.69) is 10.7 Å². The molecule has 1 aromatic rings. The third-order valence-electron chi connectivity index (χ3n) is 2.46. The summed E-state index contributed by atoms with van der Waals surface area (Å²) >= 11 is 0. The first-order valence-corrected chi connectivity index (χ1v) is 4.32. The van der Waals surface area contributed by atoms with E-state index >= 15 is 0 Å². The molecule has 12 heavy (non-hydrogen) atoms. The highest BCUT2D eigenvalue weighted by Gasteiger charge is 2.19. The number of hydrogen-bond donors (Lipinski definition) is 2. The summed E-state index contributed by atoms with van der Waals surface area (Å²) in [5, 5.41) is 0. The quantitative estimate of drug-likeness (QED) is 0.558. The maximum absolute atomic E-state index is 11.0.